The highest BCUT2D eigenvalue weighted by Crippen LogP contribution is 2.26. The highest BCUT2D eigenvalue weighted by Gasteiger charge is 2.25. The second-order valence-electron chi connectivity index (χ2n) is 7.14. The maximum atomic E-state index is 10.0. The molecule has 0 amide bonds. The van der Waals surface area contributed by atoms with Crippen LogP contribution in [-0.4, -0.2) is 53.1 Å². The fourth-order valence-electron chi connectivity index (χ4n) is 3.33. The number of aromatic nitrogens is 7. The molecule has 3 aromatic heterocycles. The molecule has 1 aliphatic rings. The van der Waals surface area contributed by atoms with Gasteiger partial charge < -0.3 is 15.0 Å². The average Bonchev–Trinajstić information content (AvgIpc) is 3.23. The van der Waals surface area contributed by atoms with Gasteiger partial charge in [-0.15, -0.1) is 5.10 Å². The van der Waals surface area contributed by atoms with Gasteiger partial charge in [-0.05, 0) is 32.6 Å². The molecule has 4 heterocycles. The summed E-state index contributed by atoms with van der Waals surface area (Å²) in [5.41, 5.74) is 1.20. The lowest BCUT2D eigenvalue weighted by Gasteiger charge is -2.33. The van der Waals surface area contributed by atoms with Crippen LogP contribution < -0.4 is 4.90 Å². The summed E-state index contributed by atoms with van der Waals surface area (Å²) in [5.74, 6) is 1.35. The number of nitrogens with zero attached hydrogens (tertiary/aromatic N) is 7. The van der Waals surface area contributed by atoms with Gasteiger partial charge in [0.2, 0.25) is 0 Å². The summed E-state index contributed by atoms with van der Waals surface area (Å²) < 4.78 is 1.83. The van der Waals surface area contributed by atoms with Crippen molar-refractivity contribution in [3.8, 4) is 0 Å². The molecular weight excluding hydrogens is 320 g/mol. The van der Waals surface area contributed by atoms with Crippen molar-refractivity contribution in [2.75, 3.05) is 18.0 Å². The smallest absolute Gasteiger partial charge is 0.182 e. The van der Waals surface area contributed by atoms with Crippen LogP contribution in [0.4, 0.5) is 5.82 Å². The van der Waals surface area contributed by atoms with E-state index >= 15 is 0 Å². The zero-order valence-electron chi connectivity index (χ0n) is 14.4. The van der Waals surface area contributed by atoms with E-state index in [1.54, 1.807) is 26.5 Å². The van der Waals surface area contributed by atoms with Gasteiger partial charge in [0.05, 0.1) is 12.5 Å². The number of fused-ring (bicyclic) bond motifs is 1. The molecule has 9 heteroatoms. The summed E-state index contributed by atoms with van der Waals surface area (Å²) in [4.78, 5) is 18.3. The third-order valence-electron chi connectivity index (χ3n) is 4.63. The van der Waals surface area contributed by atoms with Gasteiger partial charge in [-0.1, -0.05) is 5.21 Å². The number of hydrogen-bond acceptors (Lipinski definition) is 7. The predicted molar refractivity (Wildman–Crippen MR) is 91.9 cm³/mol. The van der Waals surface area contributed by atoms with Crippen LogP contribution in [0.25, 0.3) is 11.2 Å². The third kappa shape index (κ3) is 3.19. The Morgan fingerprint density at radius 3 is 3.00 bits per heavy atom. The zero-order valence-corrected chi connectivity index (χ0v) is 14.4. The van der Waals surface area contributed by atoms with Crippen molar-refractivity contribution in [2.24, 2.45) is 5.92 Å². The van der Waals surface area contributed by atoms with E-state index in [-0.39, 0.29) is 0 Å². The maximum absolute atomic E-state index is 10.0. The lowest BCUT2D eigenvalue weighted by Crippen LogP contribution is -2.37. The monoisotopic (exact) mass is 342 g/mol. The van der Waals surface area contributed by atoms with Gasteiger partial charge in [-0.3, -0.25) is 4.68 Å². The Labute approximate surface area is 145 Å². The van der Waals surface area contributed by atoms with Crippen molar-refractivity contribution in [3.05, 3.63) is 24.5 Å². The molecule has 1 saturated heterocycles. The van der Waals surface area contributed by atoms with Gasteiger partial charge >= 0.3 is 0 Å². The van der Waals surface area contributed by atoms with Crippen molar-refractivity contribution in [3.63, 3.8) is 0 Å². The van der Waals surface area contributed by atoms with Crippen LogP contribution in [0.1, 0.15) is 32.4 Å². The van der Waals surface area contributed by atoms with Crippen LogP contribution >= 0.6 is 0 Å². The van der Waals surface area contributed by atoms with E-state index in [9.17, 15) is 5.11 Å². The van der Waals surface area contributed by atoms with Gasteiger partial charge in [0, 0.05) is 19.6 Å². The van der Waals surface area contributed by atoms with Crippen molar-refractivity contribution < 1.29 is 5.11 Å². The molecule has 1 fully saturated rings. The maximum Gasteiger partial charge on any atom is 0.182 e. The second kappa shape index (κ2) is 6.07. The van der Waals surface area contributed by atoms with E-state index in [0.717, 1.165) is 43.8 Å². The molecule has 0 bridgehead atoms. The molecule has 0 spiro atoms. The molecule has 0 aliphatic carbocycles. The number of anilines is 1. The van der Waals surface area contributed by atoms with E-state index in [1.165, 1.54) is 0 Å². The Kier molecular flexibility index (Phi) is 3.87. The van der Waals surface area contributed by atoms with Crippen LogP contribution in [0.3, 0.4) is 0 Å². The normalized spacial score (nSPS) is 18.8. The lowest BCUT2D eigenvalue weighted by atomic mass is 9.98. The van der Waals surface area contributed by atoms with Crippen molar-refractivity contribution in [1.82, 2.24) is 34.9 Å². The van der Waals surface area contributed by atoms with Gasteiger partial charge in [0.25, 0.3) is 0 Å². The molecule has 1 aliphatic heterocycles. The van der Waals surface area contributed by atoms with Crippen LogP contribution in [0.5, 0.6) is 0 Å². The fraction of sp³-hybridized carbons (Fsp3) is 0.562. The van der Waals surface area contributed by atoms with E-state index < -0.39 is 5.60 Å². The number of aromatic amines is 1. The molecule has 9 nitrogen and oxygen atoms in total. The van der Waals surface area contributed by atoms with Crippen molar-refractivity contribution in [2.45, 2.75) is 38.8 Å². The van der Waals surface area contributed by atoms with Gasteiger partial charge in [-0.2, -0.15) is 0 Å². The molecule has 132 valence electrons. The Bertz CT molecular complexity index is 864. The molecule has 25 heavy (non-hydrogen) atoms. The first-order valence-corrected chi connectivity index (χ1v) is 8.53. The third-order valence-corrected chi connectivity index (χ3v) is 4.63. The van der Waals surface area contributed by atoms with Crippen LogP contribution in [0, 0.1) is 5.92 Å². The average molecular weight is 342 g/mol. The zero-order chi connectivity index (χ0) is 17.4. The number of piperidine rings is 1. The summed E-state index contributed by atoms with van der Waals surface area (Å²) in [5, 5.41) is 18.3. The molecule has 0 unspecified atom stereocenters. The Morgan fingerprint density at radius 1 is 1.32 bits per heavy atom. The van der Waals surface area contributed by atoms with E-state index in [2.05, 4.69) is 35.1 Å². The van der Waals surface area contributed by atoms with E-state index in [0.29, 0.717) is 17.3 Å². The number of H-pyrrole nitrogens is 1. The minimum Gasteiger partial charge on any atom is -0.384 e. The van der Waals surface area contributed by atoms with Gasteiger partial charge in [0.1, 0.15) is 23.1 Å². The summed E-state index contributed by atoms with van der Waals surface area (Å²) >= 11 is 0. The van der Waals surface area contributed by atoms with Crippen LogP contribution in [-0.2, 0) is 12.1 Å². The molecule has 3 aromatic rings. The first-order chi connectivity index (χ1) is 12.0. The molecule has 0 radical (unpaired) electrons. The van der Waals surface area contributed by atoms with E-state index in [4.69, 9.17) is 0 Å². The summed E-state index contributed by atoms with van der Waals surface area (Å²) in [6.45, 7) is 6.07. The predicted octanol–water partition coefficient (Wildman–Crippen LogP) is 1.09. The second-order valence-corrected chi connectivity index (χ2v) is 7.14. The lowest BCUT2D eigenvalue weighted by molar-refractivity contribution is 0.0737. The fourth-order valence-corrected chi connectivity index (χ4v) is 3.33. The SMILES string of the molecule is CC(C)(O)c1cn(C[C@H]2CCCN(c3ncnc4nc[nH]c34)C2)nn1. The largest absolute Gasteiger partial charge is 0.384 e. The molecule has 2 N–H and O–H groups in total. The number of aliphatic hydroxyl groups is 1. The quantitative estimate of drug-likeness (QED) is 0.730. The molecule has 1 atom stereocenters. The van der Waals surface area contributed by atoms with Gasteiger partial charge in [-0.25, -0.2) is 15.0 Å². The minimum absolute atomic E-state index is 0.443. The first-order valence-electron chi connectivity index (χ1n) is 8.53. The number of nitrogens with one attached hydrogen (secondary N) is 1. The number of rotatable bonds is 4. The summed E-state index contributed by atoms with van der Waals surface area (Å²) in [6, 6.07) is 0. The van der Waals surface area contributed by atoms with Crippen molar-refractivity contribution >= 4 is 17.0 Å². The number of imidazole rings is 1. The molecule has 0 aromatic carbocycles. The van der Waals surface area contributed by atoms with Crippen LogP contribution in [0.15, 0.2) is 18.9 Å². The molecule has 4 rings (SSSR count). The van der Waals surface area contributed by atoms with Gasteiger partial charge in [0.15, 0.2) is 11.5 Å². The molecule has 0 saturated carbocycles. The highest BCUT2D eigenvalue weighted by atomic mass is 16.3. The van der Waals surface area contributed by atoms with E-state index in [1.807, 2.05) is 10.9 Å². The Morgan fingerprint density at radius 2 is 2.20 bits per heavy atom. The Balaban J connectivity index is 1.50. The van der Waals surface area contributed by atoms with Crippen LogP contribution in [0.2, 0.25) is 0 Å². The topological polar surface area (TPSA) is 109 Å². The standard InChI is InChI=1S/C16H22N8O/c1-16(2,25)12-8-24(22-21-12)7-11-4-3-5-23(6-11)15-13-14(18-9-17-13)19-10-20-15/h8-11,25H,3-7H2,1-2H3,(H,17,18,19,20)/t11-/m0/s1. The summed E-state index contributed by atoms with van der Waals surface area (Å²) in [7, 11) is 0. The minimum atomic E-state index is -0.968. The highest BCUT2D eigenvalue weighted by molar-refractivity contribution is 5.82. The number of hydrogen-bond donors (Lipinski definition) is 2. The summed E-state index contributed by atoms with van der Waals surface area (Å²) in [6.07, 6.45) is 7.27. The first kappa shape index (κ1) is 15.9. The molecular formula is C16H22N8O. The van der Waals surface area contributed by atoms with Crippen molar-refractivity contribution in [1.29, 1.82) is 0 Å². The Hall–Kier alpha value is -2.55.